The van der Waals surface area contributed by atoms with Crippen LogP contribution >= 0.6 is 11.3 Å². The number of carbonyl (C=O) groups is 1. The summed E-state index contributed by atoms with van der Waals surface area (Å²) < 4.78 is 2.92. The van der Waals surface area contributed by atoms with Crippen molar-refractivity contribution in [1.82, 2.24) is 24.6 Å². The first-order valence-corrected chi connectivity index (χ1v) is 10.1. The zero-order valence-electron chi connectivity index (χ0n) is 15.9. The molecule has 1 saturated heterocycles. The topological polar surface area (TPSA) is 88.0 Å². The molecule has 1 fully saturated rings. The Labute approximate surface area is 167 Å². The Bertz CT molecular complexity index is 1000. The van der Waals surface area contributed by atoms with Crippen molar-refractivity contribution >= 4 is 44.9 Å². The van der Waals surface area contributed by atoms with Gasteiger partial charge in [0.15, 0.2) is 0 Å². The van der Waals surface area contributed by atoms with E-state index < -0.39 is 0 Å². The molecule has 0 atom stereocenters. The highest BCUT2D eigenvalue weighted by Gasteiger charge is 2.29. The second kappa shape index (κ2) is 7.59. The SMILES string of the molecule is C=CC(=O)N1CC(CNc2nc(Nc3cnn(C(C)C)c3)nc3ccsc23)C1. The summed E-state index contributed by atoms with van der Waals surface area (Å²) in [4.78, 5) is 22.6. The fraction of sp³-hybridized carbons (Fsp3) is 0.368. The normalized spacial score (nSPS) is 14.3. The largest absolute Gasteiger partial charge is 0.368 e. The maximum Gasteiger partial charge on any atom is 0.245 e. The lowest BCUT2D eigenvalue weighted by Crippen LogP contribution is -2.51. The molecule has 2 N–H and O–H groups in total. The lowest BCUT2D eigenvalue weighted by Gasteiger charge is -2.38. The van der Waals surface area contributed by atoms with Crippen LogP contribution in [-0.4, -0.2) is 50.2 Å². The van der Waals surface area contributed by atoms with Gasteiger partial charge in [0.05, 0.1) is 22.1 Å². The minimum absolute atomic E-state index is 0.00707. The first-order valence-electron chi connectivity index (χ1n) is 9.25. The highest BCUT2D eigenvalue weighted by atomic mass is 32.1. The molecule has 28 heavy (non-hydrogen) atoms. The third-order valence-corrected chi connectivity index (χ3v) is 5.60. The first-order chi connectivity index (χ1) is 13.5. The van der Waals surface area contributed by atoms with Crippen LogP contribution in [0.3, 0.4) is 0 Å². The van der Waals surface area contributed by atoms with Gasteiger partial charge in [0, 0.05) is 37.8 Å². The quantitative estimate of drug-likeness (QED) is 0.595. The summed E-state index contributed by atoms with van der Waals surface area (Å²) in [5.74, 6) is 1.75. The van der Waals surface area contributed by atoms with Gasteiger partial charge in [-0.2, -0.15) is 10.1 Å². The Hall–Kier alpha value is -2.94. The Balaban J connectivity index is 1.46. The van der Waals surface area contributed by atoms with Crippen LogP contribution in [0.2, 0.25) is 0 Å². The van der Waals surface area contributed by atoms with Gasteiger partial charge in [-0.3, -0.25) is 9.48 Å². The van der Waals surface area contributed by atoms with E-state index in [-0.39, 0.29) is 5.91 Å². The molecule has 1 aliphatic heterocycles. The minimum atomic E-state index is -0.00707. The van der Waals surface area contributed by atoms with Gasteiger partial charge in [0.25, 0.3) is 0 Å². The molecule has 146 valence electrons. The number of rotatable bonds is 7. The average Bonchev–Trinajstić information content (AvgIpc) is 3.29. The van der Waals surface area contributed by atoms with Crippen LogP contribution in [0.15, 0.2) is 36.5 Å². The van der Waals surface area contributed by atoms with Crippen LogP contribution in [0.5, 0.6) is 0 Å². The monoisotopic (exact) mass is 397 g/mol. The average molecular weight is 398 g/mol. The van der Waals surface area contributed by atoms with Gasteiger partial charge < -0.3 is 15.5 Å². The van der Waals surface area contributed by atoms with Crippen LogP contribution in [0.25, 0.3) is 10.2 Å². The number of likely N-dealkylation sites (tertiary alicyclic amines) is 1. The molecule has 4 heterocycles. The van der Waals surface area contributed by atoms with E-state index in [2.05, 4.69) is 46.1 Å². The zero-order valence-corrected chi connectivity index (χ0v) is 16.7. The fourth-order valence-corrected chi connectivity index (χ4v) is 3.90. The zero-order chi connectivity index (χ0) is 19.7. The Morgan fingerprint density at radius 3 is 2.96 bits per heavy atom. The second-order valence-corrected chi connectivity index (χ2v) is 8.07. The van der Waals surface area contributed by atoms with Gasteiger partial charge >= 0.3 is 0 Å². The van der Waals surface area contributed by atoms with Gasteiger partial charge in [0.2, 0.25) is 11.9 Å². The molecule has 8 nitrogen and oxygen atoms in total. The Morgan fingerprint density at radius 2 is 2.25 bits per heavy atom. The van der Waals surface area contributed by atoms with Crippen molar-refractivity contribution in [3.05, 3.63) is 36.5 Å². The van der Waals surface area contributed by atoms with Gasteiger partial charge in [-0.1, -0.05) is 6.58 Å². The molecule has 3 aromatic rings. The maximum absolute atomic E-state index is 11.6. The number of hydrogen-bond acceptors (Lipinski definition) is 7. The van der Waals surface area contributed by atoms with E-state index in [1.54, 1.807) is 22.4 Å². The summed E-state index contributed by atoms with van der Waals surface area (Å²) in [5.41, 5.74) is 1.75. The van der Waals surface area contributed by atoms with Crippen LogP contribution in [0, 0.1) is 5.92 Å². The highest BCUT2D eigenvalue weighted by Crippen LogP contribution is 2.29. The van der Waals surface area contributed by atoms with E-state index in [4.69, 9.17) is 0 Å². The number of carbonyl (C=O) groups excluding carboxylic acids is 1. The molecule has 1 aliphatic rings. The Kier molecular flexibility index (Phi) is 4.99. The number of hydrogen-bond donors (Lipinski definition) is 2. The number of fused-ring (bicyclic) bond motifs is 1. The molecule has 0 aromatic carbocycles. The van der Waals surface area contributed by atoms with E-state index in [1.165, 1.54) is 6.08 Å². The smallest absolute Gasteiger partial charge is 0.245 e. The third-order valence-electron chi connectivity index (χ3n) is 4.69. The van der Waals surface area contributed by atoms with E-state index in [0.717, 1.165) is 41.4 Å². The van der Waals surface area contributed by atoms with Crippen molar-refractivity contribution in [2.24, 2.45) is 5.92 Å². The summed E-state index contributed by atoms with van der Waals surface area (Å²) in [6.07, 6.45) is 5.08. The number of aromatic nitrogens is 4. The summed E-state index contributed by atoms with van der Waals surface area (Å²) in [6.45, 7) is 9.94. The molecule has 0 aliphatic carbocycles. The van der Waals surface area contributed by atoms with E-state index in [0.29, 0.717) is 17.9 Å². The van der Waals surface area contributed by atoms with Crippen molar-refractivity contribution in [3.63, 3.8) is 0 Å². The number of anilines is 3. The summed E-state index contributed by atoms with van der Waals surface area (Å²) in [5, 5.41) is 13.0. The van der Waals surface area contributed by atoms with Crippen molar-refractivity contribution in [2.75, 3.05) is 30.3 Å². The van der Waals surface area contributed by atoms with E-state index >= 15 is 0 Å². The van der Waals surface area contributed by atoms with Gasteiger partial charge in [-0.25, -0.2) is 4.98 Å². The highest BCUT2D eigenvalue weighted by molar-refractivity contribution is 7.17. The van der Waals surface area contributed by atoms with Crippen molar-refractivity contribution < 1.29 is 4.79 Å². The molecular formula is C19H23N7OS. The molecule has 0 saturated carbocycles. The van der Waals surface area contributed by atoms with Crippen molar-refractivity contribution in [1.29, 1.82) is 0 Å². The summed E-state index contributed by atoms with van der Waals surface area (Å²) >= 11 is 1.61. The summed E-state index contributed by atoms with van der Waals surface area (Å²) in [6, 6.07) is 2.28. The first kappa shape index (κ1) is 18.4. The van der Waals surface area contributed by atoms with Crippen LogP contribution < -0.4 is 10.6 Å². The molecule has 3 aromatic heterocycles. The predicted octanol–water partition coefficient (Wildman–Crippen LogP) is 3.27. The van der Waals surface area contributed by atoms with Gasteiger partial charge in [0.1, 0.15) is 5.82 Å². The molecule has 9 heteroatoms. The van der Waals surface area contributed by atoms with Gasteiger partial charge in [-0.05, 0) is 31.4 Å². The molecule has 4 rings (SSSR count). The maximum atomic E-state index is 11.6. The number of amides is 1. The van der Waals surface area contributed by atoms with Crippen LogP contribution in [0.1, 0.15) is 19.9 Å². The predicted molar refractivity (Wildman–Crippen MR) is 112 cm³/mol. The lowest BCUT2D eigenvalue weighted by molar-refractivity contribution is -0.131. The van der Waals surface area contributed by atoms with Gasteiger partial charge in [-0.15, -0.1) is 11.3 Å². The molecular weight excluding hydrogens is 374 g/mol. The van der Waals surface area contributed by atoms with Crippen LogP contribution in [-0.2, 0) is 4.79 Å². The van der Waals surface area contributed by atoms with Crippen molar-refractivity contribution in [3.8, 4) is 0 Å². The van der Waals surface area contributed by atoms with E-state index in [1.807, 2.05) is 22.3 Å². The number of nitrogens with one attached hydrogen (secondary N) is 2. The standard InChI is InChI=1S/C19H23N7OS/c1-4-16(27)25-9-13(10-25)7-20-18-17-15(5-6-28-17)23-19(24-18)22-14-8-21-26(11-14)12(2)3/h4-6,8,11-13H,1,7,9-10H2,2-3H3,(H2,20,22,23,24). The Morgan fingerprint density at radius 1 is 1.43 bits per heavy atom. The second-order valence-electron chi connectivity index (χ2n) is 7.15. The molecule has 1 amide bonds. The summed E-state index contributed by atoms with van der Waals surface area (Å²) in [7, 11) is 0. The molecule has 0 unspecified atom stereocenters. The number of thiophene rings is 1. The number of nitrogens with zero attached hydrogens (tertiary/aromatic N) is 5. The third kappa shape index (κ3) is 3.70. The lowest BCUT2D eigenvalue weighted by atomic mass is 10.00. The molecule has 0 bridgehead atoms. The molecule has 0 spiro atoms. The fourth-order valence-electron chi connectivity index (χ4n) is 3.10. The minimum Gasteiger partial charge on any atom is -0.368 e. The van der Waals surface area contributed by atoms with Crippen molar-refractivity contribution in [2.45, 2.75) is 19.9 Å². The van der Waals surface area contributed by atoms with Crippen LogP contribution in [0.4, 0.5) is 17.5 Å². The molecule has 0 radical (unpaired) electrons. The van der Waals surface area contributed by atoms with E-state index in [9.17, 15) is 4.79 Å².